The molecule has 3 heteroatoms. The Morgan fingerprint density at radius 1 is 1.50 bits per heavy atom. The minimum absolute atomic E-state index is 0.592. The van der Waals surface area contributed by atoms with Gasteiger partial charge in [0.05, 0.1) is 0 Å². The zero-order valence-corrected chi connectivity index (χ0v) is 8.75. The second-order valence-electron chi connectivity index (χ2n) is 3.93. The normalized spacial score (nSPS) is 18.6. The maximum absolute atomic E-state index is 5.33. The molecule has 0 aliphatic carbocycles. The highest BCUT2D eigenvalue weighted by Crippen LogP contribution is 2.24. The number of rotatable bonds is 3. The van der Waals surface area contributed by atoms with E-state index in [1.54, 1.807) is 0 Å². The Morgan fingerprint density at radius 3 is 3.00 bits per heavy atom. The van der Waals surface area contributed by atoms with E-state index in [1.165, 1.54) is 12.1 Å². The van der Waals surface area contributed by atoms with Crippen LogP contribution in [0, 0.1) is 0 Å². The number of nitrogens with one attached hydrogen (secondary N) is 1. The first kappa shape index (κ1) is 9.71. The van der Waals surface area contributed by atoms with Crippen molar-refractivity contribution in [3.63, 3.8) is 0 Å². The van der Waals surface area contributed by atoms with Crippen LogP contribution in [0.5, 0.6) is 0 Å². The summed E-state index contributed by atoms with van der Waals surface area (Å²) in [5.41, 5.74) is 1.27. The molecule has 1 aromatic rings. The van der Waals surface area contributed by atoms with E-state index in [1.807, 2.05) is 6.20 Å². The fourth-order valence-corrected chi connectivity index (χ4v) is 1.95. The quantitative estimate of drug-likeness (QED) is 0.801. The van der Waals surface area contributed by atoms with Crippen molar-refractivity contribution in [3.05, 3.63) is 17.7 Å². The zero-order valence-electron chi connectivity index (χ0n) is 8.75. The van der Waals surface area contributed by atoms with Crippen molar-refractivity contribution in [1.29, 1.82) is 0 Å². The number of aromatic nitrogens is 2. The van der Waals surface area contributed by atoms with Gasteiger partial charge in [0, 0.05) is 31.0 Å². The van der Waals surface area contributed by atoms with Gasteiger partial charge in [-0.05, 0) is 19.3 Å². The van der Waals surface area contributed by atoms with Crippen LogP contribution in [0.15, 0.2) is 6.20 Å². The van der Waals surface area contributed by atoms with Crippen LogP contribution in [0.4, 0.5) is 0 Å². The molecule has 2 rings (SSSR count). The first-order valence-electron chi connectivity index (χ1n) is 5.51. The Labute approximate surface area is 84.9 Å². The zero-order chi connectivity index (χ0) is 9.80. The molecule has 78 valence electrons. The summed E-state index contributed by atoms with van der Waals surface area (Å²) < 4.78 is 5.33. The molecule has 0 unspecified atom stereocenters. The summed E-state index contributed by atoms with van der Waals surface area (Å²) in [6.07, 6.45) is 6.48. The van der Waals surface area contributed by atoms with Gasteiger partial charge >= 0.3 is 0 Å². The summed E-state index contributed by atoms with van der Waals surface area (Å²) >= 11 is 0. The first-order chi connectivity index (χ1) is 6.90. The predicted octanol–water partition coefficient (Wildman–Crippen LogP) is 2.26. The lowest BCUT2D eigenvalue weighted by atomic mass is 10.00. The van der Waals surface area contributed by atoms with Crippen molar-refractivity contribution in [1.82, 2.24) is 9.97 Å². The molecule has 1 aromatic heterocycles. The van der Waals surface area contributed by atoms with Crippen LogP contribution in [0.2, 0.25) is 0 Å². The highest BCUT2D eigenvalue weighted by atomic mass is 16.5. The van der Waals surface area contributed by atoms with E-state index < -0.39 is 0 Å². The summed E-state index contributed by atoms with van der Waals surface area (Å²) in [6, 6.07) is 0. The molecule has 0 spiro atoms. The average Bonchev–Trinajstić information content (AvgIpc) is 2.68. The number of ether oxygens (including phenoxy) is 1. The van der Waals surface area contributed by atoms with E-state index in [0.29, 0.717) is 5.92 Å². The third-order valence-corrected chi connectivity index (χ3v) is 2.78. The predicted molar refractivity (Wildman–Crippen MR) is 55.4 cm³/mol. The molecular formula is C11H18N2O. The smallest absolute Gasteiger partial charge is 0.109 e. The monoisotopic (exact) mass is 194 g/mol. The van der Waals surface area contributed by atoms with Crippen LogP contribution in [0.1, 0.15) is 43.6 Å². The second kappa shape index (κ2) is 4.60. The third-order valence-electron chi connectivity index (χ3n) is 2.78. The molecule has 14 heavy (non-hydrogen) atoms. The van der Waals surface area contributed by atoms with Gasteiger partial charge in [0.25, 0.3) is 0 Å². The number of nitrogens with zero attached hydrogens (tertiary/aromatic N) is 1. The van der Waals surface area contributed by atoms with Crippen molar-refractivity contribution >= 4 is 0 Å². The van der Waals surface area contributed by atoms with Crippen LogP contribution >= 0.6 is 0 Å². The van der Waals surface area contributed by atoms with E-state index in [4.69, 9.17) is 4.74 Å². The largest absolute Gasteiger partial charge is 0.381 e. The van der Waals surface area contributed by atoms with Crippen molar-refractivity contribution < 1.29 is 4.74 Å². The molecule has 1 fully saturated rings. The topological polar surface area (TPSA) is 37.9 Å². The Balaban J connectivity index is 2.00. The number of imidazole rings is 1. The molecule has 1 aliphatic heterocycles. The number of aromatic amines is 1. The highest BCUT2D eigenvalue weighted by Gasteiger charge is 2.18. The summed E-state index contributed by atoms with van der Waals surface area (Å²) in [4.78, 5) is 7.86. The van der Waals surface area contributed by atoms with Crippen LogP contribution < -0.4 is 0 Å². The standard InChI is InChI=1S/C11H18N2O/c1-2-3-10-8-12-11(13-10)9-4-6-14-7-5-9/h8-9H,2-7H2,1H3,(H,12,13). The molecule has 0 saturated carbocycles. The van der Waals surface area contributed by atoms with Crippen molar-refractivity contribution in [2.24, 2.45) is 0 Å². The summed E-state index contributed by atoms with van der Waals surface area (Å²) in [7, 11) is 0. The molecule has 0 bridgehead atoms. The Morgan fingerprint density at radius 2 is 2.29 bits per heavy atom. The van der Waals surface area contributed by atoms with Crippen LogP contribution in [-0.2, 0) is 11.2 Å². The molecule has 1 aliphatic rings. The first-order valence-corrected chi connectivity index (χ1v) is 5.51. The van der Waals surface area contributed by atoms with E-state index >= 15 is 0 Å². The van der Waals surface area contributed by atoms with Gasteiger partial charge in [0.2, 0.25) is 0 Å². The second-order valence-corrected chi connectivity index (χ2v) is 3.93. The highest BCUT2D eigenvalue weighted by molar-refractivity contribution is 5.06. The van der Waals surface area contributed by atoms with Gasteiger partial charge in [-0.25, -0.2) is 4.98 Å². The summed E-state index contributed by atoms with van der Waals surface area (Å²) in [5, 5.41) is 0. The maximum atomic E-state index is 5.33. The van der Waals surface area contributed by atoms with Gasteiger partial charge in [0.15, 0.2) is 0 Å². The van der Waals surface area contributed by atoms with Gasteiger partial charge in [-0.1, -0.05) is 13.3 Å². The third kappa shape index (κ3) is 2.15. The number of hydrogen-bond acceptors (Lipinski definition) is 2. The van der Waals surface area contributed by atoms with Gasteiger partial charge in [-0.15, -0.1) is 0 Å². The molecule has 0 amide bonds. The van der Waals surface area contributed by atoms with Gasteiger partial charge in [-0.3, -0.25) is 0 Å². The van der Waals surface area contributed by atoms with Crippen molar-refractivity contribution in [2.45, 2.75) is 38.5 Å². The van der Waals surface area contributed by atoms with E-state index in [-0.39, 0.29) is 0 Å². The fourth-order valence-electron chi connectivity index (χ4n) is 1.95. The van der Waals surface area contributed by atoms with Crippen LogP contribution in [-0.4, -0.2) is 23.2 Å². The van der Waals surface area contributed by atoms with Crippen LogP contribution in [0.25, 0.3) is 0 Å². The number of hydrogen-bond donors (Lipinski definition) is 1. The Hall–Kier alpha value is -0.830. The van der Waals surface area contributed by atoms with Gasteiger partial charge in [-0.2, -0.15) is 0 Å². The van der Waals surface area contributed by atoms with Gasteiger partial charge in [0.1, 0.15) is 5.82 Å². The molecular weight excluding hydrogens is 176 g/mol. The Bertz CT molecular complexity index is 277. The SMILES string of the molecule is CCCc1cnc(C2CCOCC2)[nH]1. The molecule has 0 atom stereocenters. The summed E-state index contributed by atoms with van der Waals surface area (Å²) in [5.74, 6) is 1.76. The van der Waals surface area contributed by atoms with Crippen molar-refractivity contribution in [2.75, 3.05) is 13.2 Å². The minimum Gasteiger partial charge on any atom is -0.381 e. The maximum Gasteiger partial charge on any atom is 0.109 e. The fraction of sp³-hybridized carbons (Fsp3) is 0.727. The molecule has 1 saturated heterocycles. The van der Waals surface area contributed by atoms with E-state index in [9.17, 15) is 0 Å². The van der Waals surface area contributed by atoms with E-state index in [0.717, 1.165) is 38.3 Å². The lowest BCUT2D eigenvalue weighted by Gasteiger charge is -2.19. The molecule has 0 aromatic carbocycles. The average molecular weight is 194 g/mol. The molecule has 0 radical (unpaired) electrons. The minimum atomic E-state index is 0.592. The number of aryl methyl sites for hydroxylation is 1. The van der Waals surface area contributed by atoms with E-state index in [2.05, 4.69) is 16.9 Å². The van der Waals surface area contributed by atoms with Gasteiger partial charge < -0.3 is 9.72 Å². The summed E-state index contributed by atoms with van der Waals surface area (Å²) in [6.45, 7) is 3.96. The van der Waals surface area contributed by atoms with Crippen LogP contribution in [0.3, 0.4) is 0 Å². The molecule has 2 heterocycles. The van der Waals surface area contributed by atoms with Crippen molar-refractivity contribution in [3.8, 4) is 0 Å². The molecule has 1 N–H and O–H groups in total. The lowest BCUT2D eigenvalue weighted by molar-refractivity contribution is 0.0837. The number of H-pyrrole nitrogens is 1. The Kier molecular flexibility index (Phi) is 3.19. The molecule has 3 nitrogen and oxygen atoms in total. The lowest BCUT2D eigenvalue weighted by Crippen LogP contribution is -2.15.